The standard InChI is InChI=1S/C15H11NO3S/c1-9-10-5-2-3-6-11(10)15(17)12-7-4-8-13(14(9)12)20(16,18)19/h2-8H,1H2,(H2,16,18,19). The Morgan fingerprint density at radius 1 is 0.900 bits per heavy atom. The van der Waals surface area contributed by atoms with E-state index in [-0.39, 0.29) is 10.7 Å². The van der Waals surface area contributed by atoms with Gasteiger partial charge in [0.1, 0.15) is 0 Å². The topological polar surface area (TPSA) is 77.2 Å². The van der Waals surface area contributed by atoms with Gasteiger partial charge in [-0.1, -0.05) is 43.0 Å². The second-order valence-corrected chi connectivity index (χ2v) is 6.11. The number of primary sulfonamides is 1. The van der Waals surface area contributed by atoms with Crippen molar-refractivity contribution in [2.75, 3.05) is 0 Å². The molecule has 0 radical (unpaired) electrons. The summed E-state index contributed by atoms with van der Waals surface area (Å²) in [6.45, 7) is 3.93. The van der Waals surface area contributed by atoms with Crippen LogP contribution < -0.4 is 5.14 Å². The molecule has 100 valence electrons. The van der Waals surface area contributed by atoms with Crippen LogP contribution in [-0.2, 0) is 10.0 Å². The van der Waals surface area contributed by atoms with E-state index in [1.165, 1.54) is 12.1 Å². The Labute approximate surface area is 116 Å². The number of sulfonamides is 1. The van der Waals surface area contributed by atoms with Gasteiger partial charge in [0.15, 0.2) is 5.78 Å². The zero-order valence-corrected chi connectivity index (χ0v) is 11.3. The summed E-state index contributed by atoms with van der Waals surface area (Å²) in [7, 11) is -3.92. The fourth-order valence-corrected chi connectivity index (χ4v) is 3.28. The molecule has 0 saturated carbocycles. The van der Waals surface area contributed by atoms with Crippen molar-refractivity contribution in [2.45, 2.75) is 4.90 Å². The first-order chi connectivity index (χ1) is 9.41. The van der Waals surface area contributed by atoms with Crippen LogP contribution in [0.1, 0.15) is 27.0 Å². The molecule has 0 saturated heterocycles. The first kappa shape index (κ1) is 12.8. The molecular weight excluding hydrogens is 274 g/mol. The first-order valence-corrected chi connectivity index (χ1v) is 7.45. The third kappa shape index (κ3) is 1.71. The summed E-state index contributed by atoms with van der Waals surface area (Å²) in [5.74, 6) is -0.214. The van der Waals surface area contributed by atoms with E-state index in [0.717, 1.165) is 0 Å². The summed E-state index contributed by atoms with van der Waals surface area (Å²) in [5.41, 5.74) is 2.29. The third-order valence-corrected chi connectivity index (χ3v) is 4.33. The quantitative estimate of drug-likeness (QED) is 0.742. The average Bonchev–Trinajstić information content (AvgIpc) is 2.43. The second-order valence-electron chi connectivity index (χ2n) is 4.58. The molecule has 0 aliphatic heterocycles. The van der Waals surface area contributed by atoms with Crippen molar-refractivity contribution in [2.24, 2.45) is 5.14 Å². The highest BCUT2D eigenvalue weighted by atomic mass is 32.2. The molecule has 0 aromatic heterocycles. The molecule has 20 heavy (non-hydrogen) atoms. The molecule has 3 rings (SSSR count). The molecule has 2 N–H and O–H groups in total. The van der Waals surface area contributed by atoms with Gasteiger partial charge >= 0.3 is 0 Å². The SMILES string of the molecule is C=C1c2ccccc2C(=O)c2cccc(S(N)(=O)=O)c21. The van der Waals surface area contributed by atoms with Crippen molar-refractivity contribution in [3.05, 3.63) is 71.3 Å². The van der Waals surface area contributed by atoms with Crippen LogP contribution in [0.3, 0.4) is 0 Å². The van der Waals surface area contributed by atoms with E-state index in [4.69, 9.17) is 5.14 Å². The smallest absolute Gasteiger partial charge is 0.238 e. The van der Waals surface area contributed by atoms with Gasteiger partial charge in [0.05, 0.1) is 4.90 Å². The Kier molecular flexibility index (Phi) is 2.64. The molecule has 0 unspecified atom stereocenters. The van der Waals surface area contributed by atoms with E-state index in [0.29, 0.717) is 27.8 Å². The normalized spacial score (nSPS) is 13.8. The van der Waals surface area contributed by atoms with Gasteiger partial charge in [-0.2, -0.15) is 0 Å². The molecule has 2 aromatic carbocycles. The maximum absolute atomic E-state index is 12.5. The minimum absolute atomic E-state index is 0.0668. The van der Waals surface area contributed by atoms with Gasteiger partial charge < -0.3 is 0 Å². The molecule has 0 heterocycles. The van der Waals surface area contributed by atoms with Gasteiger partial charge in [-0.3, -0.25) is 4.79 Å². The van der Waals surface area contributed by atoms with E-state index in [1.54, 1.807) is 30.3 Å². The summed E-state index contributed by atoms with van der Waals surface area (Å²) < 4.78 is 23.4. The Hall–Kier alpha value is -2.24. The Morgan fingerprint density at radius 3 is 2.15 bits per heavy atom. The van der Waals surface area contributed by atoms with Crippen LogP contribution in [0.25, 0.3) is 5.57 Å². The van der Waals surface area contributed by atoms with Crippen LogP contribution in [0.5, 0.6) is 0 Å². The molecule has 2 aromatic rings. The van der Waals surface area contributed by atoms with Crippen LogP contribution in [0.4, 0.5) is 0 Å². The van der Waals surface area contributed by atoms with Gasteiger partial charge in [-0.25, -0.2) is 13.6 Å². The molecule has 5 heteroatoms. The fraction of sp³-hybridized carbons (Fsp3) is 0. The number of ketones is 1. The van der Waals surface area contributed by atoms with Gasteiger partial charge in [-0.15, -0.1) is 0 Å². The zero-order valence-electron chi connectivity index (χ0n) is 10.5. The summed E-state index contributed by atoms with van der Waals surface area (Å²) in [6, 6.07) is 11.5. The number of carbonyl (C=O) groups excluding carboxylic acids is 1. The minimum atomic E-state index is -3.92. The molecular formula is C15H11NO3S. The lowest BCUT2D eigenvalue weighted by Gasteiger charge is -2.22. The second kappa shape index (κ2) is 4.13. The zero-order chi connectivity index (χ0) is 14.5. The number of benzene rings is 2. The Morgan fingerprint density at radius 2 is 1.50 bits per heavy atom. The molecule has 0 amide bonds. The largest absolute Gasteiger partial charge is 0.289 e. The average molecular weight is 285 g/mol. The van der Waals surface area contributed by atoms with Crippen molar-refractivity contribution in [1.29, 1.82) is 0 Å². The number of fused-ring (bicyclic) bond motifs is 2. The lowest BCUT2D eigenvalue weighted by Crippen LogP contribution is -2.20. The number of hydrogen-bond acceptors (Lipinski definition) is 3. The predicted molar refractivity (Wildman–Crippen MR) is 75.8 cm³/mol. The predicted octanol–water partition coefficient (Wildman–Crippen LogP) is 1.94. The summed E-state index contributed by atoms with van der Waals surface area (Å²) in [4.78, 5) is 12.4. The minimum Gasteiger partial charge on any atom is -0.289 e. The number of carbonyl (C=O) groups is 1. The Balaban J connectivity index is 2.40. The van der Waals surface area contributed by atoms with Crippen LogP contribution in [0.15, 0.2) is 53.9 Å². The van der Waals surface area contributed by atoms with Gasteiger partial charge in [-0.05, 0) is 17.2 Å². The van der Waals surface area contributed by atoms with Gasteiger partial charge in [0.25, 0.3) is 0 Å². The van der Waals surface area contributed by atoms with Crippen molar-refractivity contribution in [3.63, 3.8) is 0 Å². The van der Waals surface area contributed by atoms with E-state index in [1.807, 2.05) is 0 Å². The number of rotatable bonds is 1. The molecule has 0 spiro atoms. The van der Waals surface area contributed by atoms with Crippen molar-refractivity contribution in [1.82, 2.24) is 0 Å². The van der Waals surface area contributed by atoms with Gasteiger partial charge in [0.2, 0.25) is 10.0 Å². The van der Waals surface area contributed by atoms with Crippen molar-refractivity contribution < 1.29 is 13.2 Å². The molecule has 4 nitrogen and oxygen atoms in total. The molecule has 0 fully saturated rings. The molecule has 0 bridgehead atoms. The Bertz CT molecular complexity index is 866. The highest BCUT2D eigenvalue weighted by Gasteiger charge is 2.30. The maximum atomic E-state index is 12.5. The fourth-order valence-electron chi connectivity index (χ4n) is 2.49. The summed E-state index contributed by atoms with van der Waals surface area (Å²) in [6.07, 6.45) is 0. The highest BCUT2D eigenvalue weighted by molar-refractivity contribution is 7.89. The number of hydrogen-bond donors (Lipinski definition) is 1. The van der Waals surface area contributed by atoms with Crippen molar-refractivity contribution in [3.8, 4) is 0 Å². The van der Waals surface area contributed by atoms with Crippen molar-refractivity contribution >= 4 is 21.4 Å². The van der Waals surface area contributed by atoms with E-state index < -0.39 is 10.0 Å². The van der Waals surface area contributed by atoms with E-state index in [9.17, 15) is 13.2 Å². The highest BCUT2D eigenvalue weighted by Crippen LogP contribution is 2.37. The van der Waals surface area contributed by atoms with Gasteiger partial charge in [0, 0.05) is 16.7 Å². The first-order valence-electron chi connectivity index (χ1n) is 5.90. The lowest BCUT2D eigenvalue weighted by molar-refractivity contribution is 0.103. The molecule has 1 aliphatic carbocycles. The molecule has 1 aliphatic rings. The van der Waals surface area contributed by atoms with E-state index in [2.05, 4.69) is 6.58 Å². The van der Waals surface area contributed by atoms with Crippen LogP contribution in [0.2, 0.25) is 0 Å². The van der Waals surface area contributed by atoms with Crippen LogP contribution >= 0.6 is 0 Å². The third-order valence-electron chi connectivity index (χ3n) is 3.38. The van der Waals surface area contributed by atoms with E-state index >= 15 is 0 Å². The summed E-state index contributed by atoms with van der Waals surface area (Å²) >= 11 is 0. The summed E-state index contributed by atoms with van der Waals surface area (Å²) in [5, 5.41) is 5.23. The number of nitrogens with two attached hydrogens (primary N) is 1. The van der Waals surface area contributed by atoms with Crippen LogP contribution in [0, 0.1) is 0 Å². The molecule has 0 atom stereocenters. The lowest BCUT2D eigenvalue weighted by atomic mass is 9.82. The maximum Gasteiger partial charge on any atom is 0.238 e. The monoisotopic (exact) mass is 285 g/mol. The van der Waals surface area contributed by atoms with Crippen LogP contribution in [-0.4, -0.2) is 14.2 Å².